The SMILES string of the molecule is CC1(O)C(OC(=O)c2cccc(F)c2F)CN2C(N)=NC(CO)C3N=C(N)N(O)C321. The molecule has 0 amide bonds. The third-order valence-corrected chi connectivity index (χ3v) is 5.90. The molecule has 5 atom stereocenters. The van der Waals surface area contributed by atoms with Gasteiger partial charge in [-0.3, -0.25) is 5.21 Å². The molecule has 162 valence electrons. The number of aliphatic hydroxyl groups is 2. The van der Waals surface area contributed by atoms with E-state index >= 15 is 0 Å². The van der Waals surface area contributed by atoms with Crippen molar-refractivity contribution in [3.8, 4) is 0 Å². The first-order valence-corrected chi connectivity index (χ1v) is 8.98. The van der Waals surface area contributed by atoms with Crippen molar-refractivity contribution in [3.63, 3.8) is 0 Å². The minimum absolute atomic E-state index is 0.162. The number of carbonyl (C=O) groups excluding carboxylic acids is 1. The van der Waals surface area contributed by atoms with Gasteiger partial charge in [-0.25, -0.2) is 23.6 Å². The zero-order chi connectivity index (χ0) is 22.0. The minimum atomic E-state index is -2.08. The van der Waals surface area contributed by atoms with Gasteiger partial charge in [-0.05, 0) is 19.1 Å². The standard InChI is InChI=1S/C17H20F2N6O5/c1-16(28)10(30-13(27)7-3-2-4-8(18)11(7)19)5-24-14(20)22-9(6-26)12-17(16,24)25(29)15(21)23-12/h2-4,9-10,12,26,28-29H,5-6H2,1H3,(H2,20,22)(H2,21,23). The second-order valence-corrected chi connectivity index (χ2v) is 7.46. The molecule has 0 radical (unpaired) electrons. The van der Waals surface area contributed by atoms with Gasteiger partial charge in [0, 0.05) is 0 Å². The van der Waals surface area contributed by atoms with Crippen molar-refractivity contribution in [2.24, 2.45) is 21.5 Å². The lowest BCUT2D eigenvalue weighted by Crippen LogP contribution is -2.76. The Morgan fingerprint density at radius 1 is 1.33 bits per heavy atom. The molecule has 7 N–H and O–H groups in total. The van der Waals surface area contributed by atoms with Gasteiger partial charge in [0.25, 0.3) is 0 Å². The number of nitrogens with zero attached hydrogens (tertiary/aromatic N) is 4. The predicted octanol–water partition coefficient (Wildman–Crippen LogP) is -1.67. The lowest BCUT2D eigenvalue weighted by Gasteiger charge is -2.51. The molecular formula is C17H20F2N6O5. The molecule has 0 aromatic heterocycles. The van der Waals surface area contributed by atoms with E-state index in [1.807, 2.05) is 0 Å². The van der Waals surface area contributed by atoms with Crippen LogP contribution in [0.3, 0.4) is 0 Å². The number of hydroxylamine groups is 2. The first-order valence-electron chi connectivity index (χ1n) is 8.98. The van der Waals surface area contributed by atoms with Gasteiger partial charge in [0.1, 0.15) is 17.7 Å². The Balaban J connectivity index is 1.74. The minimum Gasteiger partial charge on any atom is -0.454 e. The van der Waals surface area contributed by atoms with Crippen molar-refractivity contribution in [3.05, 3.63) is 35.4 Å². The summed E-state index contributed by atoms with van der Waals surface area (Å²) >= 11 is 0. The fraction of sp³-hybridized carbons (Fsp3) is 0.471. The topological polar surface area (TPSA) is 170 Å². The summed E-state index contributed by atoms with van der Waals surface area (Å²) in [5.41, 5.74) is 7.16. The summed E-state index contributed by atoms with van der Waals surface area (Å²) in [5.74, 6) is -4.38. The maximum absolute atomic E-state index is 14.0. The van der Waals surface area contributed by atoms with Crippen LogP contribution < -0.4 is 11.5 Å². The van der Waals surface area contributed by atoms with Crippen molar-refractivity contribution < 1.29 is 33.7 Å². The van der Waals surface area contributed by atoms with Crippen LogP contribution in [-0.4, -0.2) is 85.9 Å². The van der Waals surface area contributed by atoms with E-state index in [9.17, 15) is 29.0 Å². The van der Waals surface area contributed by atoms with Crippen LogP contribution in [-0.2, 0) is 4.74 Å². The summed E-state index contributed by atoms with van der Waals surface area (Å²) in [6, 6.07) is 1.00. The van der Waals surface area contributed by atoms with Crippen molar-refractivity contribution in [1.82, 2.24) is 9.96 Å². The second-order valence-electron chi connectivity index (χ2n) is 7.46. The largest absolute Gasteiger partial charge is 0.454 e. The molecular weight excluding hydrogens is 406 g/mol. The van der Waals surface area contributed by atoms with Crippen LogP contribution in [0.1, 0.15) is 17.3 Å². The molecule has 0 saturated carbocycles. The smallest absolute Gasteiger partial charge is 0.341 e. The Hall–Kier alpha value is -3.03. The van der Waals surface area contributed by atoms with E-state index in [-0.39, 0.29) is 18.5 Å². The second kappa shape index (κ2) is 6.48. The number of hydrogen-bond donors (Lipinski definition) is 5. The molecule has 30 heavy (non-hydrogen) atoms. The third-order valence-electron chi connectivity index (χ3n) is 5.90. The Morgan fingerprint density at radius 2 is 2.03 bits per heavy atom. The zero-order valence-corrected chi connectivity index (χ0v) is 15.7. The number of esters is 1. The van der Waals surface area contributed by atoms with E-state index in [1.54, 1.807) is 0 Å². The van der Waals surface area contributed by atoms with Gasteiger partial charge in [-0.15, -0.1) is 0 Å². The lowest BCUT2D eigenvalue weighted by atomic mass is 9.79. The van der Waals surface area contributed by atoms with E-state index in [4.69, 9.17) is 16.2 Å². The Bertz CT molecular complexity index is 972. The molecule has 0 bridgehead atoms. The van der Waals surface area contributed by atoms with Gasteiger partial charge in [0.05, 0.1) is 18.7 Å². The maximum atomic E-state index is 14.0. The average molecular weight is 426 g/mol. The van der Waals surface area contributed by atoms with Crippen molar-refractivity contribution in [2.75, 3.05) is 13.2 Å². The van der Waals surface area contributed by atoms with E-state index < -0.39 is 59.2 Å². The molecule has 3 heterocycles. The Morgan fingerprint density at radius 3 is 2.70 bits per heavy atom. The molecule has 1 aromatic carbocycles. The highest BCUT2D eigenvalue weighted by molar-refractivity contribution is 5.90. The first-order chi connectivity index (χ1) is 14.1. The van der Waals surface area contributed by atoms with Crippen LogP contribution in [0.4, 0.5) is 8.78 Å². The average Bonchev–Trinajstić information content (AvgIpc) is 3.10. The van der Waals surface area contributed by atoms with Crippen LogP contribution in [0.2, 0.25) is 0 Å². The van der Waals surface area contributed by atoms with Gasteiger partial charge < -0.3 is 31.3 Å². The van der Waals surface area contributed by atoms with Crippen LogP contribution in [0, 0.1) is 11.6 Å². The highest BCUT2D eigenvalue weighted by atomic mass is 19.2. The van der Waals surface area contributed by atoms with Gasteiger partial charge in [0.2, 0.25) is 11.6 Å². The molecule has 13 heteroatoms. The lowest BCUT2D eigenvalue weighted by molar-refractivity contribution is -0.228. The van der Waals surface area contributed by atoms with E-state index in [2.05, 4.69) is 9.98 Å². The number of aliphatic hydroxyl groups excluding tert-OH is 1. The Labute approximate surface area is 168 Å². The fourth-order valence-electron chi connectivity index (χ4n) is 4.45. The summed E-state index contributed by atoms with van der Waals surface area (Å²) < 4.78 is 32.8. The number of hydrogen-bond acceptors (Lipinski definition) is 11. The molecule has 3 aliphatic rings. The summed E-state index contributed by atoms with van der Waals surface area (Å²) in [7, 11) is 0. The number of aliphatic imine (C=N–C) groups is 2. The number of carbonyl (C=O) groups is 1. The Kier molecular flexibility index (Phi) is 4.38. The summed E-state index contributed by atoms with van der Waals surface area (Å²) in [6.45, 7) is 0.477. The van der Waals surface area contributed by atoms with E-state index in [0.717, 1.165) is 18.2 Å². The van der Waals surface area contributed by atoms with E-state index in [1.165, 1.54) is 11.8 Å². The molecule has 1 saturated heterocycles. The molecule has 1 fully saturated rings. The van der Waals surface area contributed by atoms with E-state index in [0.29, 0.717) is 5.06 Å². The number of ether oxygens (including phenoxy) is 1. The quantitative estimate of drug-likeness (QED) is 0.355. The molecule has 11 nitrogen and oxygen atoms in total. The monoisotopic (exact) mass is 426 g/mol. The first kappa shape index (κ1) is 20.3. The van der Waals surface area contributed by atoms with Crippen molar-refractivity contribution in [2.45, 2.75) is 36.4 Å². The molecule has 5 unspecified atom stereocenters. The normalized spacial score (nSPS) is 34.9. The molecule has 1 aromatic rings. The fourth-order valence-corrected chi connectivity index (χ4v) is 4.45. The van der Waals surface area contributed by atoms with Crippen LogP contribution in [0.25, 0.3) is 0 Å². The highest BCUT2D eigenvalue weighted by Crippen LogP contribution is 2.50. The predicted molar refractivity (Wildman–Crippen MR) is 97.2 cm³/mol. The highest BCUT2D eigenvalue weighted by Gasteiger charge is 2.75. The zero-order valence-electron chi connectivity index (χ0n) is 15.7. The van der Waals surface area contributed by atoms with Crippen LogP contribution in [0.15, 0.2) is 28.2 Å². The third kappa shape index (κ3) is 2.36. The number of halogens is 2. The number of rotatable bonds is 3. The molecule has 1 spiro atoms. The van der Waals surface area contributed by atoms with Gasteiger partial charge in [-0.1, -0.05) is 6.07 Å². The van der Waals surface area contributed by atoms with Crippen molar-refractivity contribution in [1.29, 1.82) is 0 Å². The van der Waals surface area contributed by atoms with Crippen LogP contribution in [0.5, 0.6) is 0 Å². The van der Waals surface area contributed by atoms with Gasteiger partial charge in [-0.2, -0.15) is 5.06 Å². The molecule has 3 aliphatic heterocycles. The van der Waals surface area contributed by atoms with Gasteiger partial charge in [0.15, 0.2) is 23.7 Å². The number of benzene rings is 1. The summed E-state index contributed by atoms with van der Waals surface area (Å²) in [5, 5.41) is 32.3. The van der Waals surface area contributed by atoms with Crippen LogP contribution >= 0.6 is 0 Å². The maximum Gasteiger partial charge on any atom is 0.341 e. The number of guanidine groups is 2. The molecule has 0 aliphatic carbocycles. The van der Waals surface area contributed by atoms with Gasteiger partial charge >= 0.3 is 5.97 Å². The number of nitrogens with two attached hydrogens (primary N) is 2. The summed E-state index contributed by atoms with van der Waals surface area (Å²) in [4.78, 5) is 22.0. The summed E-state index contributed by atoms with van der Waals surface area (Å²) in [6.07, 6.45) is -1.38. The molecule has 4 rings (SSSR count). The van der Waals surface area contributed by atoms with Crippen molar-refractivity contribution >= 4 is 17.9 Å².